The zero-order valence-electron chi connectivity index (χ0n) is 14.9. The Labute approximate surface area is 142 Å². The van der Waals surface area contributed by atoms with Crippen molar-refractivity contribution < 1.29 is 18.7 Å². The Morgan fingerprint density at radius 1 is 1.42 bits per heavy atom. The largest absolute Gasteiger partial charge is 0.386 e. The summed E-state index contributed by atoms with van der Waals surface area (Å²) in [6.45, 7) is 7.74. The van der Waals surface area contributed by atoms with E-state index in [1.54, 1.807) is 0 Å². The summed E-state index contributed by atoms with van der Waals surface area (Å²) in [7, 11) is 0. The molecule has 1 aliphatic carbocycles. The van der Waals surface area contributed by atoms with E-state index in [-0.39, 0.29) is 24.2 Å². The van der Waals surface area contributed by atoms with Gasteiger partial charge in [0.05, 0.1) is 0 Å². The number of nitrogens with zero attached hydrogens (tertiary/aromatic N) is 1. The zero-order valence-corrected chi connectivity index (χ0v) is 14.9. The molecule has 4 atom stereocenters. The van der Waals surface area contributed by atoms with Crippen LogP contribution in [0.4, 0.5) is 8.78 Å². The zero-order chi connectivity index (χ0) is 18.3. The maximum atomic E-state index is 14.7. The second-order valence-corrected chi connectivity index (χ2v) is 8.28. The molecular formula is C18H28F2N2O2. The highest BCUT2D eigenvalue weighted by molar-refractivity contribution is 5.98. The van der Waals surface area contributed by atoms with Gasteiger partial charge in [-0.1, -0.05) is 27.7 Å². The van der Waals surface area contributed by atoms with E-state index in [1.807, 2.05) is 27.7 Å². The van der Waals surface area contributed by atoms with Crippen LogP contribution in [0, 0.1) is 22.7 Å². The summed E-state index contributed by atoms with van der Waals surface area (Å²) in [5.41, 5.74) is 0.117. The summed E-state index contributed by atoms with van der Waals surface area (Å²) >= 11 is 0. The third-order valence-corrected chi connectivity index (χ3v) is 5.08. The van der Waals surface area contributed by atoms with Crippen molar-refractivity contribution in [2.45, 2.75) is 71.4 Å². The van der Waals surface area contributed by atoms with Gasteiger partial charge in [-0.25, -0.2) is 8.78 Å². The molecular weight excluding hydrogens is 314 g/mol. The number of hydrogen-bond donors (Lipinski definition) is 2. The molecule has 0 radical (unpaired) electrons. The molecule has 24 heavy (non-hydrogen) atoms. The highest BCUT2D eigenvalue weighted by Gasteiger charge is 2.59. The van der Waals surface area contributed by atoms with Crippen molar-refractivity contribution in [3.63, 3.8) is 0 Å². The molecule has 1 amide bonds. The van der Waals surface area contributed by atoms with Crippen molar-refractivity contribution >= 4 is 11.6 Å². The average Bonchev–Trinajstić information content (AvgIpc) is 2.59. The second kappa shape index (κ2) is 6.54. The molecule has 4 unspecified atom stereocenters. The first-order valence-electron chi connectivity index (χ1n) is 8.61. The van der Waals surface area contributed by atoms with Crippen molar-refractivity contribution in [2.75, 3.05) is 0 Å². The Balaban J connectivity index is 2.25. The van der Waals surface area contributed by atoms with Crippen LogP contribution in [-0.2, 0) is 4.79 Å². The van der Waals surface area contributed by atoms with E-state index >= 15 is 0 Å². The fourth-order valence-corrected chi connectivity index (χ4v) is 3.81. The summed E-state index contributed by atoms with van der Waals surface area (Å²) in [6, 6.07) is -1.34. The molecule has 0 aromatic carbocycles. The van der Waals surface area contributed by atoms with Crippen LogP contribution in [-0.4, -0.2) is 39.7 Å². The van der Waals surface area contributed by atoms with Crippen LogP contribution in [0.1, 0.15) is 53.4 Å². The van der Waals surface area contributed by atoms with Crippen molar-refractivity contribution in [3.8, 4) is 0 Å². The van der Waals surface area contributed by atoms with Gasteiger partial charge in [-0.2, -0.15) is 0 Å². The monoisotopic (exact) mass is 342 g/mol. The van der Waals surface area contributed by atoms with Gasteiger partial charge in [0.15, 0.2) is 0 Å². The van der Waals surface area contributed by atoms with E-state index in [1.165, 1.54) is 12.3 Å². The minimum atomic E-state index is -3.34. The van der Waals surface area contributed by atoms with E-state index in [2.05, 4.69) is 0 Å². The van der Waals surface area contributed by atoms with Crippen LogP contribution in [0.3, 0.4) is 0 Å². The number of aliphatic hydroxyl groups excluding tert-OH is 1. The summed E-state index contributed by atoms with van der Waals surface area (Å²) in [5, 5.41) is 18.1. The van der Waals surface area contributed by atoms with Crippen LogP contribution in [0.5, 0.6) is 0 Å². The lowest BCUT2D eigenvalue weighted by Gasteiger charge is -2.30. The third-order valence-electron chi connectivity index (χ3n) is 5.08. The van der Waals surface area contributed by atoms with E-state index < -0.39 is 29.9 Å². The van der Waals surface area contributed by atoms with Crippen molar-refractivity contribution in [3.05, 3.63) is 12.3 Å². The van der Waals surface area contributed by atoms with Gasteiger partial charge >= 0.3 is 0 Å². The number of halogens is 2. The van der Waals surface area contributed by atoms with Gasteiger partial charge in [-0.15, -0.1) is 0 Å². The third kappa shape index (κ3) is 3.68. The summed E-state index contributed by atoms with van der Waals surface area (Å²) in [4.78, 5) is 13.5. The van der Waals surface area contributed by atoms with Gasteiger partial charge in [0.2, 0.25) is 5.91 Å². The standard InChI is InChI=1S/C18H28F2N2O2/c1-5-11-9-15(23)22(7-6-13(11)21)14-8-12(10-17(2,3)4)16(24)18(14,19)20/h6-7,11-12,14,16,21,24H,5,8-10H2,1-4H3. The fraction of sp³-hybridized carbons (Fsp3) is 0.778. The van der Waals surface area contributed by atoms with Crippen LogP contribution < -0.4 is 0 Å². The van der Waals surface area contributed by atoms with Gasteiger partial charge in [0, 0.05) is 24.3 Å². The van der Waals surface area contributed by atoms with Crippen LogP contribution in [0.15, 0.2) is 12.3 Å². The van der Waals surface area contributed by atoms with Crippen molar-refractivity contribution in [1.29, 1.82) is 5.41 Å². The SMILES string of the molecule is CCC1CC(=O)N(C2CC(CC(C)(C)C)C(O)C2(F)F)C=CC1=N. The Bertz CT molecular complexity index is 540. The summed E-state index contributed by atoms with van der Waals surface area (Å²) in [6.07, 6.45) is 2.25. The quantitative estimate of drug-likeness (QED) is 0.823. The number of alkyl halides is 2. The van der Waals surface area contributed by atoms with E-state index in [0.717, 1.165) is 4.90 Å². The maximum Gasteiger partial charge on any atom is 0.293 e. The average molecular weight is 342 g/mol. The lowest BCUT2D eigenvalue weighted by Crippen LogP contribution is -2.48. The summed E-state index contributed by atoms with van der Waals surface area (Å²) in [5.74, 6) is -4.52. The predicted octanol–water partition coefficient (Wildman–Crippen LogP) is 3.60. The molecule has 1 fully saturated rings. The highest BCUT2D eigenvalue weighted by Crippen LogP contribution is 2.47. The molecule has 1 saturated carbocycles. The molecule has 0 saturated heterocycles. The number of carbonyl (C=O) groups is 1. The lowest BCUT2D eigenvalue weighted by atomic mass is 9.83. The molecule has 0 bridgehead atoms. The number of aliphatic hydroxyl groups is 1. The first-order valence-corrected chi connectivity index (χ1v) is 8.61. The Morgan fingerprint density at radius 3 is 2.58 bits per heavy atom. The molecule has 0 aromatic heterocycles. The molecule has 2 rings (SSSR count). The minimum absolute atomic E-state index is 0.0644. The number of carbonyl (C=O) groups excluding carboxylic acids is 1. The van der Waals surface area contributed by atoms with Crippen LogP contribution in [0.2, 0.25) is 0 Å². The van der Waals surface area contributed by atoms with Crippen LogP contribution >= 0.6 is 0 Å². The second-order valence-electron chi connectivity index (χ2n) is 8.28. The number of hydrogen-bond acceptors (Lipinski definition) is 3. The number of rotatable bonds is 3. The predicted molar refractivity (Wildman–Crippen MR) is 89.0 cm³/mol. The maximum absolute atomic E-state index is 14.7. The Morgan fingerprint density at radius 2 is 2.04 bits per heavy atom. The molecule has 0 aromatic rings. The number of allylic oxidation sites excluding steroid dienone is 1. The van der Waals surface area contributed by atoms with E-state index in [9.17, 15) is 18.7 Å². The van der Waals surface area contributed by atoms with Crippen molar-refractivity contribution in [1.82, 2.24) is 4.90 Å². The Hall–Kier alpha value is -1.30. The normalized spacial score (nSPS) is 33.9. The van der Waals surface area contributed by atoms with E-state index in [0.29, 0.717) is 18.6 Å². The lowest BCUT2D eigenvalue weighted by molar-refractivity contribution is -0.150. The molecule has 4 nitrogen and oxygen atoms in total. The minimum Gasteiger partial charge on any atom is -0.386 e. The van der Waals surface area contributed by atoms with Crippen molar-refractivity contribution in [2.24, 2.45) is 17.3 Å². The molecule has 1 aliphatic heterocycles. The first kappa shape index (κ1) is 19.0. The molecule has 136 valence electrons. The van der Waals surface area contributed by atoms with Gasteiger partial charge in [0.25, 0.3) is 5.92 Å². The summed E-state index contributed by atoms with van der Waals surface area (Å²) < 4.78 is 29.3. The molecule has 6 heteroatoms. The Kier molecular flexibility index (Phi) is 5.19. The molecule has 2 N–H and O–H groups in total. The van der Waals surface area contributed by atoms with Gasteiger partial charge in [0.1, 0.15) is 12.1 Å². The smallest absolute Gasteiger partial charge is 0.293 e. The fourth-order valence-electron chi connectivity index (χ4n) is 3.81. The van der Waals surface area contributed by atoms with Crippen LogP contribution in [0.25, 0.3) is 0 Å². The van der Waals surface area contributed by atoms with Gasteiger partial charge in [-0.3, -0.25) is 4.79 Å². The molecule has 1 heterocycles. The van der Waals surface area contributed by atoms with Gasteiger partial charge < -0.3 is 15.4 Å². The van der Waals surface area contributed by atoms with E-state index in [4.69, 9.17) is 5.41 Å². The topological polar surface area (TPSA) is 64.4 Å². The molecule has 0 spiro atoms. The first-order chi connectivity index (χ1) is 11.0. The van der Waals surface area contributed by atoms with Gasteiger partial charge in [-0.05, 0) is 36.7 Å². The highest BCUT2D eigenvalue weighted by atomic mass is 19.3. The number of nitrogens with one attached hydrogen (secondary N) is 1. The number of amides is 1. The molecule has 2 aliphatic rings.